The van der Waals surface area contributed by atoms with Crippen LogP contribution in [-0.4, -0.2) is 35.4 Å². The van der Waals surface area contributed by atoms with E-state index in [4.69, 9.17) is 11.6 Å². The van der Waals surface area contributed by atoms with E-state index in [1.54, 1.807) is 31.2 Å². The molecule has 2 atom stereocenters. The smallest absolute Gasteiger partial charge is 0.196 e. The molecule has 0 saturated carbocycles. The van der Waals surface area contributed by atoms with Gasteiger partial charge in [-0.25, -0.2) is 18.4 Å². The Kier molecular flexibility index (Phi) is 5.86. The molecule has 4 rings (SSSR count). The number of hydrogen-bond donors (Lipinski definition) is 1. The van der Waals surface area contributed by atoms with Crippen molar-refractivity contribution in [1.82, 2.24) is 24.5 Å². The second kappa shape index (κ2) is 8.60. The zero-order chi connectivity index (χ0) is 22.9. The number of carbonyl (C=O) groups excluding carboxylic acids is 1. The van der Waals surface area contributed by atoms with Crippen molar-refractivity contribution >= 4 is 17.4 Å². The molecule has 0 spiro atoms. The summed E-state index contributed by atoms with van der Waals surface area (Å²) in [6.45, 7) is 1.43. The van der Waals surface area contributed by atoms with E-state index in [-0.39, 0.29) is 23.5 Å². The van der Waals surface area contributed by atoms with E-state index in [0.717, 1.165) is 6.07 Å². The summed E-state index contributed by atoms with van der Waals surface area (Å²) in [5, 5.41) is 20.3. The molecule has 1 N–H and O–H groups in total. The number of hydrogen-bond acceptors (Lipinski definition) is 5. The number of nitrogens with zero attached hydrogens (tertiary/aromatic N) is 5. The predicted molar refractivity (Wildman–Crippen MR) is 112 cm³/mol. The average molecular weight is 458 g/mol. The van der Waals surface area contributed by atoms with Crippen LogP contribution in [-0.2, 0) is 12.1 Å². The summed E-state index contributed by atoms with van der Waals surface area (Å²) < 4.78 is 30.9. The Hall–Kier alpha value is -3.43. The van der Waals surface area contributed by atoms with Crippen molar-refractivity contribution in [2.75, 3.05) is 0 Å². The molecule has 2 aromatic carbocycles. The third-order valence-corrected chi connectivity index (χ3v) is 5.58. The van der Waals surface area contributed by atoms with Gasteiger partial charge in [0, 0.05) is 28.4 Å². The maximum atomic E-state index is 14.7. The molecule has 0 saturated heterocycles. The maximum Gasteiger partial charge on any atom is 0.196 e. The van der Waals surface area contributed by atoms with Crippen LogP contribution in [0.5, 0.6) is 0 Å². The quantitative estimate of drug-likeness (QED) is 0.427. The lowest BCUT2D eigenvalue weighted by atomic mass is 9.86. The fraction of sp³-hybridized carbons (Fsp3) is 0.182. The Morgan fingerprint density at radius 2 is 1.91 bits per heavy atom. The normalized spacial score (nSPS) is 14.2. The van der Waals surface area contributed by atoms with Crippen LogP contribution >= 0.6 is 11.6 Å². The topological polar surface area (TPSA) is 85.8 Å². The summed E-state index contributed by atoms with van der Waals surface area (Å²) in [6, 6.07) is 8.50. The van der Waals surface area contributed by atoms with E-state index < -0.39 is 23.3 Å². The van der Waals surface area contributed by atoms with Crippen molar-refractivity contribution < 1.29 is 18.7 Å². The Morgan fingerprint density at radius 1 is 1.16 bits per heavy atom. The van der Waals surface area contributed by atoms with Crippen molar-refractivity contribution in [2.45, 2.75) is 25.1 Å². The molecule has 10 heteroatoms. The summed E-state index contributed by atoms with van der Waals surface area (Å²) in [7, 11) is 0. The van der Waals surface area contributed by atoms with Gasteiger partial charge in [-0.3, -0.25) is 9.48 Å². The first kappa shape index (κ1) is 21.8. The third-order valence-electron chi connectivity index (χ3n) is 5.33. The molecule has 0 amide bonds. The lowest BCUT2D eigenvalue weighted by Gasteiger charge is -2.34. The number of carbonyl (C=O) groups is 1. The fourth-order valence-corrected chi connectivity index (χ4v) is 3.62. The highest BCUT2D eigenvalue weighted by Crippen LogP contribution is 2.36. The minimum absolute atomic E-state index is 0.136. The number of aromatic nitrogens is 5. The van der Waals surface area contributed by atoms with Crippen LogP contribution in [0.25, 0.3) is 0 Å². The molecule has 0 aliphatic rings. The number of ketones is 1. The molecule has 32 heavy (non-hydrogen) atoms. The van der Waals surface area contributed by atoms with Crippen molar-refractivity contribution in [3.63, 3.8) is 0 Å². The Balaban J connectivity index is 1.70. The van der Waals surface area contributed by atoms with Crippen molar-refractivity contribution in [3.8, 4) is 0 Å². The van der Waals surface area contributed by atoms with E-state index in [0.29, 0.717) is 16.7 Å². The van der Waals surface area contributed by atoms with Crippen LogP contribution in [0.15, 0.2) is 67.5 Å². The molecule has 0 fully saturated rings. The maximum absolute atomic E-state index is 14.7. The number of halogens is 3. The summed E-state index contributed by atoms with van der Waals surface area (Å²) in [5.41, 5.74) is -1.33. The van der Waals surface area contributed by atoms with Crippen LogP contribution in [0.4, 0.5) is 8.78 Å². The van der Waals surface area contributed by atoms with E-state index in [1.807, 2.05) is 0 Å². The van der Waals surface area contributed by atoms with Gasteiger partial charge in [0.05, 0.1) is 24.3 Å². The van der Waals surface area contributed by atoms with Crippen LogP contribution in [0.2, 0.25) is 5.02 Å². The van der Waals surface area contributed by atoms with Gasteiger partial charge in [0.1, 0.15) is 29.9 Å². The number of rotatable bonds is 7. The zero-order valence-electron chi connectivity index (χ0n) is 16.9. The van der Waals surface area contributed by atoms with Gasteiger partial charge in [-0.2, -0.15) is 10.2 Å². The van der Waals surface area contributed by atoms with Crippen LogP contribution < -0.4 is 0 Å². The van der Waals surface area contributed by atoms with Gasteiger partial charge in [-0.15, -0.1) is 0 Å². The van der Waals surface area contributed by atoms with Gasteiger partial charge in [-0.05, 0) is 37.3 Å². The highest BCUT2D eigenvalue weighted by Gasteiger charge is 2.41. The molecule has 2 heterocycles. The molecular weight excluding hydrogens is 440 g/mol. The van der Waals surface area contributed by atoms with Gasteiger partial charge < -0.3 is 5.11 Å². The monoisotopic (exact) mass is 457 g/mol. The van der Waals surface area contributed by atoms with Gasteiger partial charge in [-0.1, -0.05) is 17.7 Å². The first-order chi connectivity index (χ1) is 15.3. The minimum atomic E-state index is -1.89. The molecule has 0 aliphatic heterocycles. The van der Waals surface area contributed by atoms with E-state index in [1.165, 1.54) is 40.5 Å². The Morgan fingerprint density at radius 3 is 2.56 bits per heavy atom. The predicted octanol–water partition coefficient (Wildman–Crippen LogP) is 3.79. The molecule has 164 valence electrons. The molecule has 0 radical (unpaired) electrons. The molecule has 7 nitrogen and oxygen atoms in total. The van der Waals surface area contributed by atoms with Crippen LogP contribution in [0.3, 0.4) is 0 Å². The number of benzene rings is 2. The first-order valence-corrected chi connectivity index (χ1v) is 10.0. The lowest BCUT2D eigenvalue weighted by molar-refractivity contribution is -0.0369. The van der Waals surface area contributed by atoms with Crippen molar-refractivity contribution in [2.24, 2.45) is 0 Å². The summed E-state index contributed by atoms with van der Waals surface area (Å²) in [6.07, 6.45) is 5.49. The van der Waals surface area contributed by atoms with Crippen LogP contribution in [0, 0.1) is 11.6 Å². The summed E-state index contributed by atoms with van der Waals surface area (Å²) in [4.78, 5) is 16.6. The molecule has 0 aliphatic carbocycles. The third kappa shape index (κ3) is 4.17. The molecule has 0 unspecified atom stereocenters. The van der Waals surface area contributed by atoms with Gasteiger partial charge in [0.2, 0.25) is 0 Å². The van der Waals surface area contributed by atoms with Crippen molar-refractivity contribution in [3.05, 3.63) is 101 Å². The number of aliphatic hydroxyl groups is 1. The average Bonchev–Trinajstić information content (AvgIpc) is 3.45. The van der Waals surface area contributed by atoms with Gasteiger partial charge in [0.15, 0.2) is 5.78 Å². The lowest BCUT2D eigenvalue weighted by Crippen LogP contribution is -2.40. The Labute approximate surface area is 186 Å². The van der Waals surface area contributed by atoms with Gasteiger partial charge >= 0.3 is 0 Å². The second-order valence-electron chi connectivity index (χ2n) is 7.36. The van der Waals surface area contributed by atoms with E-state index in [2.05, 4.69) is 15.2 Å². The summed E-state index contributed by atoms with van der Waals surface area (Å²) >= 11 is 5.88. The standard InChI is InChI=1S/C22H18ClF2N5O2/c1-14(30-10-16(9-27-30)21(31)15-2-4-17(23)5-3-15)22(32,11-29-13-26-12-28-29)19-7-6-18(24)8-20(19)25/h2-10,12-14,32H,11H2,1H3/t14-,22-/m1/s1. The van der Waals surface area contributed by atoms with E-state index in [9.17, 15) is 18.7 Å². The summed E-state index contributed by atoms with van der Waals surface area (Å²) in [5.74, 6) is -1.96. The highest BCUT2D eigenvalue weighted by atomic mass is 35.5. The molecule has 0 bridgehead atoms. The molecule has 2 aromatic heterocycles. The van der Waals surface area contributed by atoms with Crippen LogP contribution in [0.1, 0.15) is 34.5 Å². The largest absolute Gasteiger partial charge is 0.381 e. The molecule has 4 aromatic rings. The van der Waals surface area contributed by atoms with E-state index >= 15 is 0 Å². The zero-order valence-corrected chi connectivity index (χ0v) is 17.6. The van der Waals surface area contributed by atoms with Crippen molar-refractivity contribution in [1.29, 1.82) is 0 Å². The Bertz CT molecular complexity index is 1240. The second-order valence-corrected chi connectivity index (χ2v) is 7.80. The molecular formula is C22H18ClF2N5O2. The fourth-order valence-electron chi connectivity index (χ4n) is 3.50. The van der Waals surface area contributed by atoms with Gasteiger partial charge in [0.25, 0.3) is 0 Å². The first-order valence-electron chi connectivity index (χ1n) is 9.62. The highest BCUT2D eigenvalue weighted by molar-refractivity contribution is 6.30. The minimum Gasteiger partial charge on any atom is -0.381 e. The SMILES string of the molecule is C[C@@H](n1cc(C(=O)c2ccc(Cl)cc2)cn1)[C@](O)(Cn1cncn1)c1ccc(F)cc1F.